The van der Waals surface area contributed by atoms with E-state index in [0.29, 0.717) is 92.0 Å². The summed E-state index contributed by atoms with van der Waals surface area (Å²) in [6.07, 6.45) is 8.44. The minimum atomic E-state index is -1.37. The van der Waals surface area contributed by atoms with E-state index in [0.717, 1.165) is 60.9 Å². The molecule has 16 heteroatoms. The molecule has 0 unspecified atom stereocenters. The summed E-state index contributed by atoms with van der Waals surface area (Å²) < 4.78 is 25.3. The lowest BCUT2D eigenvalue weighted by molar-refractivity contribution is -0.120. The number of benzene rings is 2. The molecule has 3 aromatic heterocycles. The highest BCUT2D eigenvalue weighted by atomic mass is 19.1. The van der Waals surface area contributed by atoms with Crippen LogP contribution in [0.5, 0.6) is 5.75 Å². The normalized spacial score (nSPS) is 22.3. The number of fused-ring (bicyclic) bond motifs is 1. The average Bonchev–Trinajstić information content (AvgIpc) is 4.06. The molecule has 0 spiro atoms. The smallest absolute Gasteiger partial charge is 0.328 e. The SMILES string of the molecule is Cc1cc([C@@H]2CN(c3cc(-c4ccccc4O)nnc3N)C[C@H](C)O2)ccc1C(=O)N1CCC(F)(CN2CCC(n3cc(C4CC4)c4cc(N5CCC(=O)NC5=O)cnc43)CC2)CC1. The number of pyridine rings is 1. The van der Waals surface area contributed by atoms with Crippen molar-refractivity contribution >= 4 is 46.1 Å². The van der Waals surface area contributed by atoms with Crippen molar-refractivity contribution in [3.8, 4) is 17.0 Å². The lowest BCUT2D eigenvalue weighted by Crippen LogP contribution is -2.51. The van der Waals surface area contributed by atoms with Crippen LogP contribution in [0.2, 0.25) is 0 Å². The maximum absolute atomic E-state index is 16.5. The van der Waals surface area contributed by atoms with Crippen LogP contribution < -0.4 is 20.9 Å². The predicted octanol–water partition coefficient (Wildman–Crippen LogP) is 6.66. The number of carbonyl (C=O) groups excluding carboxylic acids is 3. The summed E-state index contributed by atoms with van der Waals surface area (Å²) in [6, 6.07) is 16.5. The van der Waals surface area contributed by atoms with Crippen molar-refractivity contribution in [2.24, 2.45) is 0 Å². The molecule has 4 saturated heterocycles. The molecule has 4 N–H and O–H groups in total. The van der Waals surface area contributed by atoms with Gasteiger partial charge in [0.05, 0.1) is 29.4 Å². The molecule has 1 aliphatic carbocycles. The molecule has 2 atom stereocenters. The molecule has 5 fully saturated rings. The van der Waals surface area contributed by atoms with Crippen molar-refractivity contribution in [2.45, 2.75) is 88.6 Å². The van der Waals surface area contributed by atoms with E-state index in [1.165, 1.54) is 5.56 Å². The summed E-state index contributed by atoms with van der Waals surface area (Å²) in [7, 11) is 0. The number of amides is 4. The Labute approximate surface area is 371 Å². The number of alkyl halides is 1. The first kappa shape index (κ1) is 41.9. The van der Waals surface area contributed by atoms with E-state index in [4.69, 9.17) is 15.5 Å². The molecule has 15 nitrogen and oxygen atoms in total. The lowest BCUT2D eigenvalue weighted by Gasteiger charge is -2.41. The number of rotatable bonds is 9. The first-order valence-electron chi connectivity index (χ1n) is 22.6. The van der Waals surface area contributed by atoms with Gasteiger partial charge in [0.1, 0.15) is 23.2 Å². The van der Waals surface area contributed by atoms with E-state index in [2.05, 4.69) is 36.1 Å². The van der Waals surface area contributed by atoms with Gasteiger partial charge >= 0.3 is 6.03 Å². The summed E-state index contributed by atoms with van der Waals surface area (Å²) in [4.78, 5) is 50.9. The van der Waals surface area contributed by atoms with Gasteiger partial charge in [-0.1, -0.05) is 24.3 Å². The molecule has 4 aliphatic heterocycles. The van der Waals surface area contributed by atoms with Gasteiger partial charge in [0.15, 0.2) is 5.82 Å². The highest BCUT2D eigenvalue weighted by Crippen LogP contribution is 2.46. The summed E-state index contributed by atoms with van der Waals surface area (Å²) in [5.41, 5.74) is 12.0. The quantitative estimate of drug-likeness (QED) is 0.145. The minimum absolute atomic E-state index is 0.0849. The van der Waals surface area contributed by atoms with Crippen molar-refractivity contribution in [2.75, 3.05) is 67.9 Å². The zero-order valence-corrected chi connectivity index (χ0v) is 36.4. The van der Waals surface area contributed by atoms with Gasteiger partial charge in [0.2, 0.25) is 5.91 Å². The molecule has 7 heterocycles. The van der Waals surface area contributed by atoms with Crippen LogP contribution in [0, 0.1) is 6.92 Å². The van der Waals surface area contributed by atoms with E-state index in [-0.39, 0.29) is 42.2 Å². The fraction of sp³-hybridized carbons (Fsp3) is 0.458. The number of ether oxygens (including phenoxy) is 1. The molecular weight excluding hydrogens is 816 g/mol. The molecule has 64 heavy (non-hydrogen) atoms. The van der Waals surface area contributed by atoms with E-state index < -0.39 is 11.7 Å². The Morgan fingerprint density at radius 1 is 0.984 bits per heavy atom. The number of nitrogens with one attached hydrogen (secondary N) is 1. The van der Waals surface area contributed by atoms with Crippen molar-refractivity contribution < 1.29 is 28.6 Å². The van der Waals surface area contributed by atoms with Crippen LogP contribution in [0.1, 0.15) is 97.0 Å². The molecule has 10 rings (SSSR count). The molecule has 334 valence electrons. The Morgan fingerprint density at radius 3 is 2.50 bits per heavy atom. The first-order valence-corrected chi connectivity index (χ1v) is 22.6. The number of likely N-dealkylation sites (tertiary alicyclic amines) is 2. The maximum atomic E-state index is 16.5. The number of nitrogen functional groups attached to an aromatic ring is 1. The monoisotopic (exact) mass is 870 g/mol. The second-order valence-corrected chi connectivity index (χ2v) is 18.5. The van der Waals surface area contributed by atoms with Crippen molar-refractivity contribution in [1.29, 1.82) is 0 Å². The van der Waals surface area contributed by atoms with Gasteiger partial charge in [-0.05, 0) is 92.5 Å². The molecule has 4 amide bonds. The summed E-state index contributed by atoms with van der Waals surface area (Å²) in [6.45, 7) is 8.00. The number of hydrogen-bond donors (Lipinski definition) is 3. The van der Waals surface area contributed by atoms with Gasteiger partial charge < -0.3 is 34.8 Å². The van der Waals surface area contributed by atoms with Crippen molar-refractivity contribution in [1.82, 2.24) is 34.9 Å². The maximum Gasteiger partial charge on any atom is 0.328 e. The second kappa shape index (κ2) is 16.8. The average molecular weight is 871 g/mol. The number of halogens is 1. The van der Waals surface area contributed by atoms with Gasteiger partial charge in [0.25, 0.3) is 5.91 Å². The van der Waals surface area contributed by atoms with Crippen LogP contribution >= 0.6 is 0 Å². The van der Waals surface area contributed by atoms with Crippen molar-refractivity contribution in [3.05, 3.63) is 89.2 Å². The highest BCUT2D eigenvalue weighted by molar-refractivity contribution is 6.06. The Hall–Kier alpha value is -6.13. The third-order valence-corrected chi connectivity index (χ3v) is 13.9. The standard InChI is InChI=1S/C48H55FN10O5/c1-29-21-32(42-27-57(25-30(2)64-42)40-23-39(53-54-44(40)50)36-5-3-4-6-41(36)60)9-10-35(29)46(62)56-19-14-48(49,15-20-56)28-55-16-11-33(12-17-55)59-26-38(31-7-8-31)37-22-34(24-51-45(37)59)58-18-13-43(61)52-47(58)63/h3-6,9-10,21-24,26,30-31,33,42,60H,7-8,11-20,25,27-28H2,1-2H3,(H2,50,54)(H,52,61,63)/t30-,42-/m0/s1. The Balaban J connectivity index is 0.746. The zero-order valence-electron chi connectivity index (χ0n) is 36.4. The number of hydrogen-bond acceptors (Lipinski definition) is 11. The number of aromatic hydroxyl groups is 1. The van der Waals surface area contributed by atoms with E-state index >= 15 is 4.39 Å². The van der Waals surface area contributed by atoms with Crippen molar-refractivity contribution in [3.63, 3.8) is 0 Å². The molecule has 0 radical (unpaired) electrons. The Kier molecular flexibility index (Phi) is 11.0. The summed E-state index contributed by atoms with van der Waals surface area (Å²) in [5.74, 6) is 0.546. The predicted molar refractivity (Wildman–Crippen MR) is 241 cm³/mol. The first-order chi connectivity index (χ1) is 30.9. The van der Waals surface area contributed by atoms with Crippen LogP contribution in [0.15, 0.2) is 67.0 Å². The number of phenolic OH excluding ortho intramolecular Hbond substituents is 1. The number of urea groups is 1. The fourth-order valence-corrected chi connectivity index (χ4v) is 10.2. The molecule has 5 aliphatic rings. The number of carbonyl (C=O) groups is 3. The van der Waals surface area contributed by atoms with E-state index in [1.807, 2.05) is 50.2 Å². The highest BCUT2D eigenvalue weighted by Gasteiger charge is 2.40. The van der Waals surface area contributed by atoms with Gasteiger partial charge in [0, 0.05) is 100 Å². The van der Waals surface area contributed by atoms with Crippen LogP contribution in [-0.2, 0) is 9.53 Å². The number of para-hydroxylation sites is 1. The third kappa shape index (κ3) is 8.24. The number of piperidine rings is 2. The van der Waals surface area contributed by atoms with Gasteiger partial charge in [-0.15, -0.1) is 10.2 Å². The zero-order chi connectivity index (χ0) is 44.3. The molecule has 2 aromatic carbocycles. The number of aromatic nitrogens is 4. The minimum Gasteiger partial charge on any atom is -0.507 e. The number of morpholine rings is 1. The topological polar surface area (TPSA) is 175 Å². The number of nitrogens with zero attached hydrogens (tertiary/aromatic N) is 8. The Morgan fingerprint density at radius 2 is 1.77 bits per heavy atom. The fourth-order valence-electron chi connectivity index (χ4n) is 10.2. The number of nitrogens with two attached hydrogens (primary N) is 1. The molecule has 1 saturated carbocycles. The summed E-state index contributed by atoms with van der Waals surface area (Å²) in [5, 5.41) is 22.4. The number of imide groups is 1. The van der Waals surface area contributed by atoms with E-state index in [1.54, 1.807) is 34.2 Å². The van der Waals surface area contributed by atoms with E-state index in [9.17, 15) is 19.5 Å². The molecule has 0 bridgehead atoms. The summed E-state index contributed by atoms with van der Waals surface area (Å²) >= 11 is 0. The van der Waals surface area contributed by atoms with Gasteiger partial charge in [-0.25, -0.2) is 14.2 Å². The molecule has 5 aromatic rings. The third-order valence-electron chi connectivity index (χ3n) is 13.9. The molecular formula is C48H55FN10O5. The largest absolute Gasteiger partial charge is 0.507 e. The lowest BCUT2D eigenvalue weighted by atomic mass is 9.90. The number of anilines is 3. The van der Waals surface area contributed by atoms with Crippen LogP contribution in [0.4, 0.5) is 26.4 Å². The van der Waals surface area contributed by atoms with Gasteiger partial charge in [-0.3, -0.25) is 19.8 Å². The number of aryl methyl sites for hydroxylation is 1. The Bertz CT molecular complexity index is 2620. The van der Waals surface area contributed by atoms with Crippen LogP contribution in [0.3, 0.4) is 0 Å². The number of phenols is 1. The van der Waals surface area contributed by atoms with Crippen LogP contribution in [-0.4, -0.2) is 117 Å². The van der Waals surface area contributed by atoms with Crippen LogP contribution in [0.25, 0.3) is 22.3 Å². The van der Waals surface area contributed by atoms with Gasteiger partial charge in [-0.2, -0.15) is 0 Å². The second-order valence-electron chi connectivity index (χ2n) is 18.5.